The van der Waals surface area contributed by atoms with Crippen LogP contribution in [0, 0.1) is 0 Å². The van der Waals surface area contributed by atoms with E-state index in [9.17, 15) is 10.2 Å². The number of phenols is 1. The second-order valence-electron chi connectivity index (χ2n) is 7.09. The molecule has 0 amide bonds. The molecule has 1 aromatic rings. The van der Waals surface area contributed by atoms with E-state index in [2.05, 4.69) is 13.8 Å². The first-order valence-electron chi connectivity index (χ1n) is 9.24. The molecule has 24 heavy (non-hydrogen) atoms. The average molecular weight is 336 g/mol. The summed E-state index contributed by atoms with van der Waals surface area (Å²) in [6.45, 7) is 4.26. The average Bonchev–Trinajstić information content (AvgIpc) is 2.55. The molecule has 3 atom stereocenters. The van der Waals surface area contributed by atoms with Crippen LogP contribution in [-0.2, 0) is 4.74 Å². The van der Waals surface area contributed by atoms with E-state index >= 15 is 0 Å². The number of phenolic OH excluding ortho intramolecular Hbond substituents is 1. The van der Waals surface area contributed by atoms with Gasteiger partial charge in [-0.05, 0) is 50.2 Å². The zero-order valence-electron chi connectivity index (χ0n) is 15.3. The van der Waals surface area contributed by atoms with E-state index in [0.717, 1.165) is 24.8 Å². The molecule has 136 valence electrons. The van der Waals surface area contributed by atoms with Crippen molar-refractivity contribution in [2.24, 2.45) is 0 Å². The van der Waals surface area contributed by atoms with Gasteiger partial charge in [0, 0.05) is 26.0 Å². The first kappa shape index (κ1) is 19.1. The van der Waals surface area contributed by atoms with Crippen LogP contribution in [-0.4, -0.2) is 29.2 Å². The van der Waals surface area contributed by atoms with Gasteiger partial charge in [-0.3, -0.25) is 0 Å². The lowest BCUT2D eigenvalue weighted by atomic mass is 9.80. The minimum absolute atomic E-state index is 0.111. The summed E-state index contributed by atoms with van der Waals surface area (Å²) in [5.41, 5.74) is 0.871. The summed E-state index contributed by atoms with van der Waals surface area (Å²) < 4.78 is 11.2. The van der Waals surface area contributed by atoms with E-state index in [4.69, 9.17) is 9.47 Å². The lowest BCUT2D eigenvalue weighted by Gasteiger charge is -2.36. The first-order chi connectivity index (χ1) is 11.5. The number of aromatic hydroxyl groups is 1. The number of methoxy groups -OCH3 is 1. The molecule has 4 heteroatoms. The lowest BCUT2D eigenvalue weighted by Crippen LogP contribution is -2.36. The molecular weight excluding hydrogens is 304 g/mol. The van der Waals surface area contributed by atoms with E-state index in [0.29, 0.717) is 18.6 Å². The maximum atomic E-state index is 10.4. The van der Waals surface area contributed by atoms with Gasteiger partial charge >= 0.3 is 0 Å². The van der Waals surface area contributed by atoms with Gasteiger partial charge in [0.2, 0.25) is 0 Å². The van der Waals surface area contributed by atoms with Crippen molar-refractivity contribution in [2.45, 2.75) is 83.0 Å². The Morgan fingerprint density at radius 1 is 1.33 bits per heavy atom. The minimum atomic E-state index is -1.07. The third-order valence-corrected chi connectivity index (χ3v) is 5.06. The third kappa shape index (κ3) is 5.12. The van der Waals surface area contributed by atoms with Gasteiger partial charge in [0.15, 0.2) is 5.79 Å². The summed E-state index contributed by atoms with van der Waals surface area (Å²) in [5.74, 6) is -0.00500. The molecule has 1 aliphatic rings. The van der Waals surface area contributed by atoms with Gasteiger partial charge in [-0.1, -0.05) is 25.8 Å². The Balaban J connectivity index is 1.99. The topological polar surface area (TPSA) is 58.9 Å². The molecule has 2 N–H and O–H groups in total. The molecule has 1 aromatic carbocycles. The first-order valence-corrected chi connectivity index (χ1v) is 9.24. The van der Waals surface area contributed by atoms with Crippen molar-refractivity contribution in [1.82, 2.24) is 0 Å². The summed E-state index contributed by atoms with van der Waals surface area (Å²) in [7, 11) is 1.54. The highest BCUT2D eigenvalue weighted by molar-refractivity contribution is 5.42. The molecule has 0 aromatic heterocycles. The molecule has 1 fully saturated rings. The van der Waals surface area contributed by atoms with Crippen molar-refractivity contribution in [3.05, 3.63) is 23.8 Å². The molecule has 0 radical (unpaired) electrons. The van der Waals surface area contributed by atoms with Gasteiger partial charge < -0.3 is 19.7 Å². The SMILES string of the molecule is CCCCCC(C)Oc1ccc(C2CCCC(O)(OC)C2)c(O)c1. The van der Waals surface area contributed by atoms with Crippen molar-refractivity contribution in [3.8, 4) is 11.5 Å². The highest BCUT2D eigenvalue weighted by Gasteiger charge is 2.35. The minimum Gasteiger partial charge on any atom is -0.508 e. The lowest BCUT2D eigenvalue weighted by molar-refractivity contribution is -0.206. The van der Waals surface area contributed by atoms with Crippen LogP contribution in [0.1, 0.15) is 76.7 Å². The second-order valence-corrected chi connectivity index (χ2v) is 7.09. The van der Waals surface area contributed by atoms with Crippen molar-refractivity contribution in [2.75, 3.05) is 7.11 Å². The van der Waals surface area contributed by atoms with Crippen molar-refractivity contribution in [3.63, 3.8) is 0 Å². The van der Waals surface area contributed by atoms with E-state index in [-0.39, 0.29) is 17.8 Å². The second kappa shape index (κ2) is 8.72. The number of hydrogen-bond donors (Lipinski definition) is 2. The monoisotopic (exact) mass is 336 g/mol. The van der Waals surface area contributed by atoms with Crippen molar-refractivity contribution >= 4 is 0 Å². The summed E-state index contributed by atoms with van der Waals surface area (Å²) in [5, 5.41) is 20.8. The van der Waals surface area contributed by atoms with Crippen LogP contribution in [0.3, 0.4) is 0 Å². The zero-order chi connectivity index (χ0) is 17.6. The van der Waals surface area contributed by atoms with Gasteiger partial charge in [0.1, 0.15) is 11.5 Å². The molecule has 4 nitrogen and oxygen atoms in total. The number of hydrogen-bond acceptors (Lipinski definition) is 4. The van der Waals surface area contributed by atoms with Crippen LogP contribution in [0.5, 0.6) is 11.5 Å². The van der Waals surface area contributed by atoms with Crippen LogP contribution in [0.4, 0.5) is 0 Å². The van der Waals surface area contributed by atoms with Crippen LogP contribution < -0.4 is 4.74 Å². The molecule has 0 bridgehead atoms. The van der Waals surface area contributed by atoms with Gasteiger partial charge in [-0.2, -0.15) is 0 Å². The quantitative estimate of drug-likeness (QED) is 0.532. The normalized spacial score (nSPS) is 25.4. The van der Waals surface area contributed by atoms with Gasteiger partial charge in [-0.15, -0.1) is 0 Å². The van der Waals surface area contributed by atoms with Gasteiger partial charge in [0.05, 0.1) is 6.10 Å². The summed E-state index contributed by atoms with van der Waals surface area (Å²) in [6, 6.07) is 5.55. The Hall–Kier alpha value is -1.26. The molecular formula is C20H32O4. The maximum absolute atomic E-state index is 10.4. The standard InChI is InChI=1S/C20H32O4/c1-4-5-6-8-15(2)24-17-10-11-18(19(21)13-17)16-9-7-12-20(22,14-16)23-3/h10-11,13,15-16,21-22H,4-9,12,14H2,1-3H3. The van der Waals surface area contributed by atoms with Gasteiger partial charge in [0.25, 0.3) is 0 Å². The summed E-state index contributed by atoms with van der Waals surface area (Å²) >= 11 is 0. The smallest absolute Gasteiger partial charge is 0.165 e. The Kier molecular flexibility index (Phi) is 6.93. The summed E-state index contributed by atoms with van der Waals surface area (Å²) in [6.07, 6.45) is 7.78. The van der Waals surface area contributed by atoms with E-state index in [1.54, 1.807) is 13.2 Å². The van der Waals surface area contributed by atoms with Crippen LogP contribution in [0.2, 0.25) is 0 Å². The molecule has 3 unspecified atom stereocenters. The predicted molar refractivity (Wildman–Crippen MR) is 95.5 cm³/mol. The summed E-state index contributed by atoms with van der Waals surface area (Å²) in [4.78, 5) is 0. The molecule has 0 heterocycles. The Morgan fingerprint density at radius 3 is 2.79 bits per heavy atom. The number of rotatable bonds is 8. The number of aliphatic hydroxyl groups is 1. The van der Waals surface area contributed by atoms with Crippen molar-refractivity contribution in [1.29, 1.82) is 0 Å². The fourth-order valence-electron chi connectivity index (χ4n) is 3.58. The number of benzene rings is 1. The molecule has 1 saturated carbocycles. The van der Waals surface area contributed by atoms with E-state index < -0.39 is 5.79 Å². The highest BCUT2D eigenvalue weighted by atomic mass is 16.6. The van der Waals surface area contributed by atoms with Crippen LogP contribution in [0.15, 0.2) is 18.2 Å². The fourth-order valence-corrected chi connectivity index (χ4v) is 3.58. The third-order valence-electron chi connectivity index (χ3n) is 5.06. The van der Waals surface area contributed by atoms with Crippen LogP contribution >= 0.6 is 0 Å². The Bertz CT molecular complexity index is 516. The Morgan fingerprint density at radius 2 is 2.12 bits per heavy atom. The largest absolute Gasteiger partial charge is 0.508 e. The predicted octanol–water partition coefficient (Wildman–Crippen LogP) is 4.73. The maximum Gasteiger partial charge on any atom is 0.165 e. The molecule has 0 aliphatic heterocycles. The van der Waals surface area contributed by atoms with Crippen molar-refractivity contribution < 1.29 is 19.7 Å². The molecule has 0 spiro atoms. The van der Waals surface area contributed by atoms with Crippen LogP contribution in [0.25, 0.3) is 0 Å². The zero-order valence-corrected chi connectivity index (χ0v) is 15.3. The van der Waals surface area contributed by atoms with E-state index in [1.165, 1.54) is 19.3 Å². The van der Waals surface area contributed by atoms with Gasteiger partial charge in [-0.25, -0.2) is 0 Å². The number of unbranched alkanes of at least 4 members (excludes halogenated alkanes) is 2. The molecule has 2 rings (SSSR count). The fraction of sp³-hybridized carbons (Fsp3) is 0.700. The molecule has 0 saturated heterocycles. The number of ether oxygens (including phenoxy) is 2. The van der Waals surface area contributed by atoms with E-state index in [1.807, 2.05) is 12.1 Å². The molecule has 1 aliphatic carbocycles. The Labute approximate surface area is 145 Å². The highest BCUT2D eigenvalue weighted by Crippen LogP contribution is 2.42.